The molecule has 16 heavy (non-hydrogen) atoms. The molecule has 0 aliphatic rings. The van der Waals surface area contributed by atoms with Gasteiger partial charge in [0.15, 0.2) is 0 Å². The van der Waals surface area contributed by atoms with Crippen LogP contribution in [0.4, 0.5) is 0 Å². The van der Waals surface area contributed by atoms with E-state index in [1.54, 1.807) is 6.33 Å². The van der Waals surface area contributed by atoms with Crippen molar-refractivity contribution in [2.75, 3.05) is 0 Å². The van der Waals surface area contributed by atoms with Crippen LogP contribution in [-0.2, 0) is 12.8 Å². The highest BCUT2D eigenvalue weighted by Crippen LogP contribution is 2.06. The molecule has 0 fully saturated rings. The summed E-state index contributed by atoms with van der Waals surface area (Å²) in [6.45, 7) is 4.61. The van der Waals surface area contributed by atoms with Crippen molar-refractivity contribution in [3.8, 4) is 0 Å². The predicted molar refractivity (Wildman–Crippen MR) is 67.0 cm³/mol. The maximum atomic E-state index is 5.50. The lowest BCUT2D eigenvalue weighted by Crippen LogP contribution is -1.91. The lowest BCUT2D eigenvalue weighted by Gasteiger charge is -2.00. The van der Waals surface area contributed by atoms with Gasteiger partial charge in [-0.1, -0.05) is 29.8 Å². The smallest absolute Gasteiger partial charge is 0.0921 e. The molecule has 0 unspecified atom stereocenters. The van der Waals surface area contributed by atoms with E-state index in [9.17, 15) is 0 Å². The van der Waals surface area contributed by atoms with Crippen LogP contribution in [0.1, 0.15) is 16.8 Å². The van der Waals surface area contributed by atoms with Crippen molar-refractivity contribution in [2.24, 2.45) is 0 Å². The summed E-state index contributed by atoms with van der Waals surface area (Å²) in [6, 6.07) is 8.68. The summed E-state index contributed by atoms with van der Waals surface area (Å²) in [5, 5.41) is 5.50. The monoisotopic (exact) mass is 215 g/mol. The molecule has 0 amide bonds. The molecular formula is C13H17N3. The van der Waals surface area contributed by atoms with Crippen LogP contribution >= 0.6 is 0 Å². The number of hydrogen-bond acceptors (Lipinski definition) is 2. The standard InChI is InChI=1S/C12H14N2.CH3N/c1-10-2-4-11(5-3-10)6-7-12-8-13-9-14-12;1-2/h2-5,8-9H,6-7H2,1H3,(H,13,14);2H,1H2. The molecule has 0 saturated heterocycles. The maximum absolute atomic E-state index is 5.50. The van der Waals surface area contributed by atoms with Crippen molar-refractivity contribution in [3.05, 3.63) is 53.6 Å². The Morgan fingerprint density at radius 2 is 1.88 bits per heavy atom. The van der Waals surface area contributed by atoms with Gasteiger partial charge in [0, 0.05) is 11.9 Å². The fourth-order valence-electron chi connectivity index (χ4n) is 1.46. The van der Waals surface area contributed by atoms with Gasteiger partial charge in [0.1, 0.15) is 0 Å². The Hall–Kier alpha value is -1.90. The summed E-state index contributed by atoms with van der Waals surface area (Å²) < 4.78 is 0. The van der Waals surface area contributed by atoms with Crippen LogP contribution in [0.5, 0.6) is 0 Å². The van der Waals surface area contributed by atoms with E-state index in [1.807, 2.05) is 6.20 Å². The molecule has 2 rings (SSSR count). The Labute approximate surface area is 96.1 Å². The largest absolute Gasteiger partial charge is 0.348 e. The molecule has 3 nitrogen and oxygen atoms in total. The van der Waals surface area contributed by atoms with E-state index in [-0.39, 0.29) is 0 Å². The first kappa shape index (κ1) is 12.2. The van der Waals surface area contributed by atoms with Gasteiger partial charge in [-0.3, -0.25) is 0 Å². The Morgan fingerprint density at radius 1 is 1.19 bits per heavy atom. The van der Waals surface area contributed by atoms with Crippen molar-refractivity contribution in [1.82, 2.24) is 9.97 Å². The third kappa shape index (κ3) is 3.69. The highest BCUT2D eigenvalue weighted by molar-refractivity contribution is 5.22. The quantitative estimate of drug-likeness (QED) is 0.760. The van der Waals surface area contributed by atoms with Crippen molar-refractivity contribution in [1.29, 1.82) is 5.41 Å². The van der Waals surface area contributed by atoms with E-state index in [0.29, 0.717) is 0 Å². The molecule has 0 atom stereocenters. The van der Waals surface area contributed by atoms with Crippen LogP contribution in [0.15, 0.2) is 36.8 Å². The lowest BCUT2D eigenvalue weighted by atomic mass is 10.1. The minimum Gasteiger partial charge on any atom is -0.348 e. The second-order valence-corrected chi connectivity index (χ2v) is 3.56. The highest BCUT2D eigenvalue weighted by Gasteiger charge is 1.95. The molecule has 3 heteroatoms. The molecule has 2 N–H and O–H groups in total. The summed E-state index contributed by atoms with van der Waals surface area (Å²) in [5.41, 5.74) is 3.89. The Kier molecular flexibility index (Phi) is 4.99. The van der Waals surface area contributed by atoms with Crippen molar-refractivity contribution < 1.29 is 0 Å². The van der Waals surface area contributed by atoms with Gasteiger partial charge in [0.05, 0.1) is 6.33 Å². The molecular weight excluding hydrogens is 198 g/mol. The van der Waals surface area contributed by atoms with E-state index in [4.69, 9.17) is 5.41 Å². The van der Waals surface area contributed by atoms with Gasteiger partial charge < -0.3 is 10.4 Å². The number of benzene rings is 1. The number of aromatic nitrogens is 2. The topological polar surface area (TPSA) is 52.5 Å². The number of aryl methyl sites for hydroxylation is 3. The number of nitrogens with zero attached hydrogens (tertiary/aromatic N) is 1. The molecule has 0 aliphatic heterocycles. The lowest BCUT2D eigenvalue weighted by molar-refractivity contribution is 0.925. The third-order valence-corrected chi connectivity index (χ3v) is 2.36. The first-order valence-corrected chi connectivity index (χ1v) is 5.23. The maximum Gasteiger partial charge on any atom is 0.0921 e. The van der Waals surface area contributed by atoms with Gasteiger partial charge in [-0.05, 0) is 32.0 Å². The minimum absolute atomic E-state index is 1.03. The van der Waals surface area contributed by atoms with E-state index in [1.165, 1.54) is 16.8 Å². The third-order valence-electron chi connectivity index (χ3n) is 2.36. The van der Waals surface area contributed by atoms with Crippen LogP contribution in [0.25, 0.3) is 0 Å². The fraction of sp³-hybridized carbons (Fsp3) is 0.231. The summed E-state index contributed by atoms with van der Waals surface area (Å²) in [6.07, 6.45) is 5.71. The molecule has 0 saturated carbocycles. The van der Waals surface area contributed by atoms with Crippen LogP contribution in [-0.4, -0.2) is 16.7 Å². The zero-order valence-electron chi connectivity index (χ0n) is 9.53. The van der Waals surface area contributed by atoms with Crippen molar-refractivity contribution in [3.63, 3.8) is 0 Å². The van der Waals surface area contributed by atoms with Gasteiger partial charge >= 0.3 is 0 Å². The average molecular weight is 215 g/mol. The summed E-state index contributed by atoms with van der Waals surface area (Å²) in [5.74, 6) is 0. The number of H-pyrrole nitrogens is 1. The molecule has 0 radical (unpaired) electrons. The van der Waals surface area contributed by atoms with Gasteiger partial charge in [0.25, 0.3) is 0 Å². The van der Waals surface area contributed by atoms with Crippen molar-refractivity contribution in [2.45, 2.75) is 19.8 Å². The van der Waals surface area contributed by atoms with E-state index in [2.05, 4.69) is 47.9 Å². The van der Waals surface area contributed by atoms with E-state index in [0.717, 1.165) is 12.8 Å². The zero-order chi connectivity index (χ0) is 11.8. The van der Waals surface area contributed by atoms with Gasteiger partial charge in [0.2, 0.25) is 0 Å². The Bertz CT molecular complexity index is 390. The normalized spacial score (nSPS) is 9.31. The van der Waals surface area contributed by atoms with Crippen LogP contribution in [0.3, 0.4) is 0 Å². The Balaban J connectivity index is 0.000000606. The molecule has 84 valence electrons. The minimum atomic E-state index is 1.03. The zero-order valence-corrected chi connectivity index (χ0v) is 9.53. The second kappa shape index (κ2) is 6.56. The van der Waals surface area contributed by atoms with E-state index >= 15 is 0 Å². The van der Waals surface area contributed by atoms with Crippen molar-refractivity contribution >= 4 is 6.72 Å². The molecule has 2 aromatic rings. The average Bonchev–Trinajstić information content (AvgIpc) is 2.84. The summed E-state index contributed by atoms with van der Waals surface area (Å²) in [4.78, 5) is 7.10. The molecule has 0 bridgehead atoms. The number of nitrogens with one attached hydrogen (secondary N) is 2. The number of hydrogen-bond donors (Lipinski definition) is 2. The van der Waals surface area contributed by atoms with Gasteiger partial charge in [-0.15, -0.1) is 0 Å². The summed E-state index contributed by atoms with van der Waals surface area (Å²) in [7, 11) is 0. The van der Waals surface area contributed by atoms with Crippen LogP contribution in [0, 0.1) is 12.3 Å². The second-order valence-electron chi connectivity index (χ2n) is 3.56. The van der Waals surface area contributed by atoms with Gasteiger partial charge in [-0.2, -0.15) is 0 Å². The first-order chi connectivity index (χ1) is 7.84. The van der Waals surface area contributed by atoms with Gasteiger partial charge in [-0.25, -0.2) is 4.98 Å². The molecule has 1 aromatic carbocycles. The molecule has 1 heterocycles. The number of aromatic amines is 1. The summed E-state index contributed by atoms with van der Waals surface area (Å²) >= 11 is 0. The Morgan fingerprint density at radius 3 is 2.44 bits per heavy atom. The van der Waals surface area contributed by atoms with Crippen LogP contribution in [0.2, 0.25) is 0 Å². The van der Waals surface area contributed by atoms with E-state index < -0.39 is 0 Å². The highest BCUT2D eigenvalue weighted by atomic mass is 14.9. The molecule has 1 aromatic heterocycles. The first-order valence-electron chi connectivity index (χ1n) is 5.23. The molecule has 0 aliphatic carbocycles. The predicted octanol–water partition coefficient (Wildman–Crippen LogP) is 2.77. The molecule has 0 spiro atoms. The van der Waals surface area contributed by atoms with Crippen LogP contribution < -0.4 is 0 Å². The fourth-order valence-corrected chi connectivity index (χ4v) is 1.46. The number of rotatable bonds is 3. The number of imidazole rings is 1. The SMILES string of the molecule is C=N.Cc1ccc(CCc2cnc[nH]2)cc1.